The van der Waals surface area contributed by atoms with E-state index in [0.717, 1.165) is 36.6 Å². The largest absolute Gasteiger partial charge is 0.468 e. The maximum atomic E-state index is 12.3. The van der Waals surface area contributed by atoms with E-state index >= 15 is 0 Å². The van der Waals surface area contributed by atoms with Gasteiger partial charge in [-0.1, -0.05) is 30.3 Å². The normalized spacial score (nSPS) is 19.3. The number of furan rings is 1. The van der Waals surface area contributed by atoms with Crippen molar-refractivity contribution in [2.24, 2.45) is 0 Å². The summed E-state index contributed by atoms with van der Waals surface area (Å²) < 4.78 is 5.49. The molecule has 0 N–H and O–H groups in total. The van der Waals surface area contributed by atoms with E-state index in [1.54, 1.807) is 12.3 Å². The Morgan fingerprint density at radius 3 is 2.82 bits per heavy atom. The Morgan fingerprint density at radius 2 is 2.05 bits per heavy atom. The molecule has 1 aromatic carbocycles. The Balaban J connectivity index is 1.58. The molecule has 0 unspecified atom stereocenters. The fraction of sp³-hybridized carbons (Fsp3) is 0.278. The first kappa shape index (κ1) is 15.0. The molecule has 114 valence electrons. The van der Waals surface area contributed by atoms with Crippen molar-refractivity contribution in [1.82, 2.24) is 4.90 Å². The molecular weight excluding hydrogens is 294 g/mol. The van der Waals surface area contributed by atoms with E-state index in [-0.39, 0.29) is 5.91 Å². The van der Waals surface area contributed by atoms with Gasteiger partial charge in [-0.3, -0.25) is 4.79 Å². The van der Waals surface area contributed by atoms with E-state index in [9.17, 15) is 4.79 Å². The van der Waals surface area contributed by atoms with Crippen molar-refractivity contribution < 1.29 is 9.21 Å². The summed E-state index contributed by atoms with van der Waals surface area (Å²) in [6.07, 6.45) is 6.20. The van der Waals surface area contributed by atoms with E-state index in [0.29, 0.717) is 5.25 Å². The van der Waals surface area contributed by atoms with Crippen molar-refractivity contribution in [1.29, 1.82) is 0 Å². The molecule has 0 spiro atoms. The first-order valence-corrected chi connectivity index (χ1v) is 8.55. The second-order valence-corrected chi connectivity index (χ2v) is 6.54. The van der Waals surface area contributed by atoms with Crippen LogP contribution < -0.4 is 0 Å². The molecule has 22 heavy (non-hydrogen) atoms. The maximum absolute atomic E-state index is 12.3. The fourth-order valence-electron chi connectivity index (χ4n) is 2.53. The molecule has 2 aromatic rings. The maximum Gasteiger partial charge on any atom is 0.246 e. The van der Waals surface area contributed by atoms with E-state index in [1.165, 1.54) is 0 Å². The SMILES string of the molecule is O=C(/C=C/c1ccccc1)N1CCS[C@@H](c2ccco2)CC1. The summed E-state index contributed by atoms with van der Waals surface area (Å²) in [4.78, 5) is 14.2. The summed E-state index contributed by atoms with van der Waals surface area (Å²) in [5, 5.41) is 0.353. The molecule has 3 rings (SSSR count). The molecule has 1 aliphatic heterocycles. The van der Waals surface area contributed by atoms with Crippen LogP contribution in [0.25, 0.3) is 6.08 Å². The van der Waals surface area contributed by atoms with Crippen molar-refractivity contribution in [3.8, 4) is 0 Å². The summed E-state index contributed by atoms with van der Waals surface area (Å²) >= 11 is 1.87. The third-order valence-corrected chi connectivity index (χ3v) is 5.02. The lowest BCUT2D eigenvalue weighted by Gasteiger charge is -2.18. The fourth-order valence-corrected chi connectivity index (χ4v) is 3.71. The Kier molecular flexibility index (Phi) is 5.01. The first-order chi connectivity index (χ1) is 10.8. The smallest absolute Gasteiger partial charge is 0.246 e. The second kappa shape index (κ2) is 7.36. The minimum Gasteiger partial charge on any atom is -0.468 e. The molecule has 0 saturated carbocycles. The van der Waals surface area contributed by atoms with Crippen LogP contribution >= 0.6 is 11.8 Å². The third kappa shape index (κ3) is 3.83. The van der Waals surface area contributed by atoms with Crippen LogP contribution in [-0.4, -0.2) is 29.6 Å². The van der Waals surface area contributed by atoms with Crippen LogP contribution in [0, 0.1) is 0 Å². The number of nitrogens with zero attached hydrogens (tertiary/aromatic N) is 1. The standard InChI is InChI=1S/C18H19NO2S/c20-18(9-8-15-5-2-1-3-6-15)19-11-10-17(22-14-12-19)16-7-4-13-21-16/h1-9,13,17H,10-12,14H2/b9-8+/t17-/m1/s1. The van der Waals surface area contributed by atoms with Crippen LogP contribution in [0.3, 0.4) is 0 Å². The molecule has 0 aliphatic carbocycles. The van der Waals surface area contributed by atoms with Crippen LogP contribution in [0.2, 0.25) is 0 Å². The number of hydrogen-bond acceptors (Lipinski definition) is 3. The van der Waals surface area contributed by atoms with Gasteiger partial charge in [-0.25, -0.2) is 0 Å². The Morgan fingerprint density at radius 1 is 1.18 bits per heavy atom. The quantitative estimate of drug-likeness (QED) is 0.803. The van der Waals surface area contributed by atoms with Crippen LogP contribution in [0.5, 0.6) is 0 Å². The van der Waals surface area contributed by atoms with Crippen LogP contribution in [0.15, 0.2) is 59.2 Å². The van der Waals surface area contributed by atoms with E-state index in [4.69, 9.17) is 4.42 Å². The van der Waals surface area contributed by atoms with Crippen molar-refractivity contribution in [2.75, 3.05) is 18.8 Å². The number of carbonyl (C=O) groups excluding carboxylic acids is 1. The topological polar surface area (TPSA) is 33.5 Å². The predicted molar refractivity (Wildman–Crippen MR) is 90.6 cm³/mol. The lowest BCUT2D eigenvalue weighted by molar-refractivity contribution is -0.125. The molecule has 3 nitrogen and oxygen atoms in total. The summed E-state index contributed by atoms with van der Waals surface area (Å²) in [5.41, 5.74) is 1.05. The highest BCUT2D eigenvalue weighted by Crippen LogP contribution is 2.34. The highest BCUT2D eigenvalue weighted by Gasteiger charge is 2.22. The Hall–Kier alpha value is -1.94. The molecular formula is C18H19NO2S. The van der Waals surface area contributed by atoms with Gasteiger partial charge in [0.05, 0.1) is 11.5 Å². The molecule has 1 aliphatic rings. The van der Waals surface area contributed by atoms with Crippen LogP contribution in [0.4, 0.5) is 0 Å². The van der Waals surface area contributed by atoms with Gasteiger partial charge in [0.25, 0.3) is 0 Å². The first-order valence-electron chi connectivity index (χ1n) is 7.50. The van der Waals surface area contributed by atoms with Crippen molar-refractivity contribution in [3.05, 3.63) is 66.1 Å². The Bertz CT molecular complexity index is 622. The van der Waals surface area contributed by atoms with Gasteiger partial charge in [-0.2, -0.15) is 0 Å². The molecule has 0 radical (unpaired) electrons. The predicted octanol–water partition coefficient (Wildman–Crippen LogP) is 4.00. The zero-order chi connectivity index (χ0) is 15.2. The van der Waals surface area contributed by atoms with Crippen molar-refractivity contribution >= 4 is 23.7 Å². The van der Waals surface area contributed by atoms with Gasteiger partial charge in [0.15, 0.2) is 0 Å². The molecule has 1 amide bonds. The summed E-state index contributed by atoms with van der Waals surface area (Å²) in [6, 6.07) is 13.8. The molecule has 2 heterocycles. The number of hydrogen-bond donors (Lipinski definition) is 0. The zero-order valence-corrected chi connectivity index (χ0v) is 13.2. The molecule has 1 saturated heterocycles. The van der Waals surface area contributed by atoms with Crippen LogP contribution in [0.1, 0.15) is 23.0 Å². The second-order valence-electron chi connectivity index (χ2n) is 5.23. The average Bonchev–Trinajstić information content (AvgIpc) is 2.98. The summed E-state index contributed by atoms with van der Waals surface area (Å²) in [5.74, 6) is 2.04. The molecule has 1 atom stereocenters. The Labute approximate surface area is 135 Å². The molecule has 0 bridgehead atoms. The van der Waals surface area contributed by atoms with Gasteiger partial charge in [0, 0.05) is 24.9 Å². The summed E-state index contributed by atoms with van der Waals surface area (Å²) in [7, 11) is 0. The van der Waals surface area contributed by atoms with Crippen LogP contribution in [-0.2, 0) is 4.79 Å². The third-order valence-electron chi connectivity index (χ3n) is 3.73. The van der Waals surface area contributed by atoms with E-state index < -0.39 is 0 Å². The highest BCUT2D eigenvalue weighted by atomic mass is 32.2. The molecule has 4 heteroatoms. The lowest BCUT2D eigenvalue weighted by Crippen LogP contribution is -2.31. The van der Waals surface area contributed by atoms with Gasteiger partial charge < -0.3 is 9.32 Å². The molecule has 1 aromatic heterocycles. The van der Waals surface area contributed by atoms with E-state index in [1.807, 2.05) is 65.2 Å². The number of carbonyl (C=O) groups is 1. The number of benzene rings is 1. The lowest BCUT2D eigenvalue weighted by atomic mass is 10.2. The number of rotatable bonds is 3. The summed E-state index contributed by atoms with van der Waals surface area (Å²) in [6.45, 7) is 1.57. The van der Waals surface area contributed by atoms with Crippen molar-refractivity contribution in [2.45, 2.75) is 11.7 Å². The van der Waals surface area contributed by atoms with E-state index in [2.05, 4.69) is 0 Å². The highest BCUT2D eigenvalue weighted by molar-refractivity contribution is 7.99. The average molecular weight is 313 g/mol. The van der Waals surface area contributed by atoms with Gasteiger partial charge in [-0.15, -0.1) is 11.8 Å². The minimum atomic E-state index is 0.0875. The van der Waals surface area contributed by atoms with Gasteiger partial charge in [0.2, 0.25) is 5.91 Å². The van der Waals surface area contributed by atoms with Gasteiger partial charge in [-0.05, 0) is 30.2 Å². The number of thioether (sulfide) groups is 1. The molecule has 1 fully saturated rings. The van der Waals surface area contributed by atoms with Gasteiger partial charge >= 0.3 is 0 Å². The monoisotopic (exact) mass is 313 g/mol. The minimum absolute atomic E-state index is 0.0875. The van der Waals surface area contributed by atoms with Crippen molar-refractivity contribution in [3.63, 3.8) is 0 Å². The van der Waals surface area contributed by atoms with Gasteiger partial charge in [0.1, 0.15) is 5.76 Å². The zero-order valence-electron chi connectivity index (χ0n) is 12.4. The number of amides is 1.